The average molecular weight is 344 g/mol. The van der Waals surface area contributed by atoms with Crippen molar-refractivity contribution < 1.29 is 13.2 Å². The Morgan fingerprint density at radius 3 is 2.82 bits per heavy atom. The van der Waals surface area contributed by atoms with Crippen LogP contribution in [0.5, 0.6) is 0 Å². The fourth-order valence-corrected chi connectivity index (χ4v) is 4.98. The molecule has 1 atom stereocenters. The molecule has 120 valence electrons. The van der Waals surface area contributed by atoms with E-state index in [1.54, 1.807) is 16.9 Å². The first-order chi connectivity index (χ1) is 10.5. The van der Waals surface area contributed by atoms with Gasteiger partial charge in [-0.15, -0.1) is 0 Å². The van der Waals surface area contributed by atoms with E-state index in [1.807, 2.05) is 0 Å². The van der Waals surface area contributed by atoms with Crippen LogP contribution in [0.3, 0.4) is 0 Å². The van der Waals surface area contributed by atoms with E-state index in [0.29, 0.717) is 29.3 Å². The summed E-state index contributed by atoms with van der Waals surface area (Å²) in [4.78, 5) is 12.4. The third kappa shape index (κ3) is 3.20. The minimum absolute atomic E-state index is 0.0704. The maximum atomic E-state index is 12.4. The number of sulfone groups is 1. The summed E-state index contributed by atoms with van der Waals surface area (Å²) in [5.41, 5.74) is 0.625. The summed E-state index contributed by atoms with van der Waals surface area (Å²) in [6.07, 6.45) is 5.47. The lowest BCUT2D eigenvalue weighted by Gasteiger charge is -2.17. The highest BCUT2D eigenvalue weighted by Crippen LogP contribution is 2.30. The van der Waals surface area contributed by atoms with Gasteiger partial charge < -0.3 is 5.32 Å². The van der Waals surface area contributed by atoms with Crippen LogP contribution in [0.4, 0.5) is 5.82 Å². The summed E-state index contributed by atoms with van der Waals surface area (Å²) < 4.78 is 24.8. The molecule has 0 aromatic carbocycles. The highest BCUT2D eigenvalue weighted by atomic mass is 35.5. The minimum Gasteiger partial charge on any atom is -0.307 e. The van der Waals surface area contributed by atoms with Gasteiger partial charge in [-0.05, 0) is 32.1 Å². The second kappa shape index (κ2) is 6.04. The molecule has 1 saturated heterocycles. The Balaban J connectivity index is 1.77. The van der Waals surface area contributed by atoms with E-state index in [9.17, 15) is 13.2 Å². The summed E-state index contributed by atoms with van der Waals surface area (Å²) in [6, 6.07) is 1.46. The molecule has 6 nitrogen and oxygen atoms in total. The fraction of sp³-hybridized carbons (Fsp3) is 0.571. The van der Waals surface area contributed by atoms with Gasteiger partial charge >= 0.3 is 0 Å². The highest BCUT2D eigenvalue weighted by molar-refractivity contribution is 7.91. The van der Waals surface area contributed by atoms with Crippen molar-refractivity contribution in [1.82, 2.24) is 9.78 Å². The summed E-state index contributed by atoms with van der Waals surface area (Å²) >= 11 is 6.14. The molecule has 0 saturated carbocycles. The van der Waals surface area contributed by atoms with E-state index >= 15 is 0 Å². The van der Waals surface area contributed by atoms with Crippen molar-refractivity contribution in [2.75, 3.05) is 16.8 Å². The Hall–Kier alpha value is -1.34. The largest absolute Gasteiger partial charge is 0.307 e. The molecule has 0 radical (unpaired) electrons. The van der Waals surface area contributed by atoms with Gasteiger partial charge in [0.05, 0.1) is 23.7 Å². The molecule has 8 heteroatoms. The number of aromatic nitrogens is 2. The number of hydrogen-bond donors (Lipinski definition) is 1. The Bertz CT molecular complexity index is 723. The molecule has 1 unspecified atom stereocenters. The zero-order chi connectivity index (χ0) is 15.7. The predicted octanol–water partition coefficient (Wildman–Crippen LogP) is 2.25. The van der Waals surface area contributed by atoms with Gasteiger partial charge in [-0.1, -0.05) is 11.6 Å². The van der Waals surface area contributed by atoms with Crippen molar-refractivity contribution in [3.8, 4) is 0 Å². The number of carbonyl (C=O) groups excluding carboxylic acids is 1. The molecule has 1 aromatic rings. The molecule has 0 spiro atoms. The summed E-state index contributed by atoms with van der Waals surface area (Å²) in [5, 5.41) is 7.61. The predicted molar refractivity (Wildman–Crippen MR) is 84.5 cm³/mol. The Kier molecular flexibility index (Phi) is 4.27. The van der Waals surface area contributed by atoms with Gasteiger partial charge in [0.1, 0.15) is 5.82 Å². The van der Waals surface area contributed by atoms with Crippen molar-refractivity contribution in [2.24, 2.45) is 0 Å². The number of rotatable bonds is 3. The standard InChI is InChI=1S/C14H18ClN3O3S/c15-12-4-2-1-3-11(12)14(19)17-13-5-7-16-18(13)10-6-8-22(20,21)9-10/h5,7,10H,1-4,6,8-9H2,(H,17,19). The van der Waals surface area contributed by atoms with Gasteiger partial charge in [-0.3, -0.25) is 4.79 Å². The lowest BCUT2D eigenvalue weighted by Crippen LogP contribution is -2.22. The molecule has 2 aliphatic rings. The van der Waals surface area contributed by atoms with E-state index in [1.165, 1.54) is 0 Å². The number of anilines is 1. The van der Waals surface area contributed by atoms with Gasteiger partial charge in [0.2, 0.25) is 0 Å². The Morgan fingerprint density at radius 1 is 1.36 bits per heavy atom. The van der Waals surface area contributed by atoms with Crippen molar-refractivity contribution in [1.29, 1.82) is 0 Å². The first-order valence-electron chi connectivity index (χ1n) is 7.39. The average Bonchev–Trinajstić information content (AvgIpc) is 3.05. The van der Waals surface area contributed by atoms with E-state index in [-0.39, 0.29) is 23.5 Å². The molecule has 3 rings (SSSR count). The normalized spacial score (nSPS) is 24.5. The molecule has 1 N–H and O–H groups in total. The minimum atomic E-state index is -3.00. The molecular formula is C14H18ClN3O3S. The van der Waals surface area contributed by atoms with Crippen LogP contribution in [-0.2, 0) is 14.6 Å². The van der Waals surface area contributed by atoms with Gasteiger partial charge in [-0.2, -0.15) is 5.10 Å². The third-order valence-corrected chi connectivity index (χ3v) is 6.31. The zero-order valence-electron chi connectivity index (χ0n) is 12.1. The quantitative estimate of drug-likeness (QED) is 0.912. The van der Waals surface area contributed by atoms with Crippen LogP contribution in [0.15, 0.2) is 22.9 Å². The topological polar surface area (TPSA) is 81.1 Å². The van der Waals surface area contributed by atoms with Crippen LogP contribution in [0, 0.1) is 0 Å². The number of allylic oxidation sites excluding steroid dienone is 1. The number of nitrogens with zero attached hydrogens (tertiary/aromatic N) is 2. The summed E-state index contributed by atoms with van der Waals surface area (Å²) in [5.74, 6) is 0.546. The van der Waals surface area contributed by atoms with Gasteiger partial charge in [0, 0.05) is 16.7 Å². The number of hydrogen-bond acceptors (Lipinski definition) is 4. The molecule has 1 aliphatic heterocycles. The van der Waals surface area contributed by atoms with Crippen molar-refractivity contribution >= 4 is 33.2 Å². The SMILES string of the molecule is O=C(Nc1ccnn1C1CCS(=O)(=O)C1)C1=C(Cl)CCCC1. The molecule has 22 heavy (non-hydrogen) atoms. The van der Waals surface area contributed by atoms with E-state index < -0.39 is 9.84 Å². The van der Waals surface area contributed by atoms with Crippen molar-refractivity contribution in [3.63, 3.8) is 0 Å². The van der Waals surface area contributed by atoms with Crippen LogP contribution in [0.1, 0.15) is 38.1 Å². The van der Waals surface area contributed by atoms with Crippen LogP contribution < -0.4 is 5.32 Å². The van der Waals surface area contributed by atoms with Crippen LogP contribution >= 0.6 is 11.6 Å². The molecular weight excluding hydrogens is 326 g/mol. The molecule has 0 bridgehead atoms. The van der Waals surface area contributed by atoms with Gasteiger partial charge in [-0.25, -0.2) is 13.1 Å². The molecule has 1 aromatic heterocycles. The lowest BCUT2D eigenvalue weighted by molar-refractivity contribution is -0.113. The second-order valence-electron chi connectivity index (χ2n) is 5.76. The fourth-order valence-electron chi connectivity index (χ4n) is 2.97. The Labute approximate surface area is 134 Å². The van der Waals surface area contributed by atoms with Crippen molar-refractivity contribution in [3.05, 3.63) is 22.9 Å². The summed E-state index contributed by atoms with van der Waals surface area (Å²) in [6.45, 7) is 0. The van der Waals surface area contributed by atoms with Crippen LogP contribution in [0.25, 0.3) is 0 Å². The molecule has 1 amide bonds. The first-order valence-corrected chi connectivity index (χ1v) is 9.59. The second-order valence-corrected chi connectivity index (χ2v) is 8.45. The van der Waals surface area contributed by atoms with Crippen LogP contribution in [-0.4, -0.2) is 35.6 Å². The van der Waals surface area contributed by atoms with E-state index in [2.05, 4.69) is 10.4 Å². The third-order valence-electron chi connectivity index (χ3n) is 4.14. The highest BCUT2D eigenvalue weighted by Gasteiger charge is 2.31. The van der Waals surface area contributed by atoms with Crippen LogP contribution in [0.2, 0.25) is 0 Å². The number of carbonyl (C=O) groups is 1. The van der Waals surface area contributed by atoms with Crippen molar-refractivity contribution in [2.45, 2.75) is 38.1 Å². The lowest BCUT2D eigenvalue weighted by atomic mass is 9.99. The smallest absolute Gasteiger partial charge is 0.253 e. The first kappa shape index (κ1) is 15.6. The summed E-state index contributed by atoms with van der Waals surface area (Å²) in [7, 11) is -3.00. The van der Waals surface area contributed by atoms with E-state index in [4.69, 9.17) is 11.6 Å². The number of halogens is 1. The molecule has 2 heterocycles. The Morgan fingerprint density at radius 2 is 2.14 bits per heavy atom. The monoisotopic (exact) mass is 343 g/mol. The number of amides is 1. The molecule has 1 aliphatic carbocycles. The maximum Gasteiger partial charge on any atom is 0.253 e. The van der Waals surface area contributed by atoms with Gasteiger partial charge in [0.15, 0.2) is 9.84 Å². The van der Waals surface area contributed by atoms with Gasteiger partial charge in [0.25, 0.3) is 5.91 Å². The zero-order valence-corrected chi connectivity index (χ0v) is 13.7. The maximum absolute atomic E-state index is 12.4. The number of nitrogens with one attached hydrogen (secondary N) is 1. The van der Waals surface area contributed by atoms with E-state index in [0.717, 1.165) is 19.3 Å². The molecule has 1 fully saturated rings.